The Kier molecular flexibility index (Phi) is 7.08. The summed E-state index contributed by atoms with van der Waals surface area (Å²) in [7, 11) is 2.17. The average molecular weight is 617 g/mol. The second-order valence-electron chi connectivity index (χ2n) is 10.3. The molecule has 0 radical (unpaired) electrons. The van der Waals surface area contributed by atoms with Crippen LogP contribution in [-0.2, 0) is 26.2 Å². The van der Waals surface area contributed by atoms with Gasteiger partial charge in [0.25, 0.3) is 0 Å². The van der Waals surface area contributed by atoms with E-state index in [4.69, 9.17) is 32.7 Å². The number of fused-ring (bicyclic) bond motifs is 5. The first kappa shape index (κ1) is 26.7. The molecule has 0 amide bonds. The molecule has 0 unspecified atom stereocenters. The molecule has 0 aliphatic carbocycles. The molecular formula is C34H27Cl2NO2S2. The van der Waals surface area contributed by atoms with Gasteiger partial charge in [0.15, 0.2) is 11.5 Å². The second kappa shape index (κ2) is 10.9. The highest BCUT2D eigenvalue weighted by atomic mass is 35.5. The van der Waals surface area contributed by atoms with E-state index in [1.807, 2.05) is 24.3 Å². The van der Waals surface area contributed by atoms with Gasteiger partial charge < -0.3 is 14.4 Å². The fourth-order valence-corrected chi connectivity index (χ4v) is 7.94. The first-order valence-electron chi connectivity index (χ1n) is 13.6. The number of hydrogen-bond acceptors (Lipinski definition) is 5. The molecule has 0 fully saturated rings. The molecule has 3 heterocycles. The van der Waals surface area contributed by atoms with E-state index in [-0.39, 0.29) is 0 Å². The molecule has 4 aromatic carbocycles. The van der Waals surface area contributed by atoms with Gasteiger partial charge in [0.2, 0.25) is 0 Å². The van der Waals surface area contributed by atoms with Crippen LogP contribution >= 0.6 is 45.9 Å². The lowest BCUT2D eigenvalue weighted by molar-refractivity contribution is 0.259. The molecule has 1 aliphatic rings. The van der Waals surface area contributed by atoms with E-state index in [2.05, 4.69) is 73.5 Å². The number of aryl methyl sites for hydroxylation is 1. The van der Waals surface area contributed by atoms with Crippen molar-refractivity contribution in [3.05, 3.63) is 110 Å². The number of thiophene rings is 2. The van der Waals surface area contributed by atoms with Crippen molar-refractivity contribution in [3.63, 3.8) is 0 Å². The third-order valence-corrected chi connectivity index (χ3v) is 10.2. The van der Waals surface area contributed by atoms with Gasteiger partial charge in [-0.15, -0.1) is 22.7 Å². The van der Waals surface area contributed by atoms with Gasteiger partial charge >= 0.3 is 0 Å². The zero-order chi connectivity index (χ0) is 28.1. The summed E-state index contributed by atoms with van der Waals surface area (Å²) >= 11 is 15.9. The van der Waals surface area contributed by atoms with Crippen molar-refractivity contribution in [2.45, 2.75) is 33.1 Å². The normalized spacial score (nSPS) is 12.5. The van der Waals surface area contributed by atoms with Gasteiger partial charge in [0.1, 0.15) is 13.2 Å². The lowest BCUT2D eigenvalue weighted by atomic mass is 9.90. The highest BCUT2D eigenvalue weighted by molar-refractivity contribution is 7.19. The fourth-order valence-electron chi connectivity index (χ4n) is 5.67. The molecule has 41 heavy (non-hydrogen) atoms. The first-order valence-corrected chi connectivity index (χ1v) is 16.0. The number of benzene rings is 4. The average Bonchev–Trinajstić information content (AvgIpc) is 3.57. The Bertz CT molecular complexity index is 1930. The van der Waals surface area contributed by atoms with Gasteiger partial charge in [-0.25, -0.2) is 0 Å². The predicted molar refractivity (Wildman–Crippen MR) is 176 cm³/mol. The van der Waals surface area contributed by atoms with Crippen LogP contribution in [0.5, 0.6) is 11.5 Å². The van der Waals surface area contributed by atoms with E-state index in [1.165, 1.54) is 37.3 Å². The summed E-state index contributed by atoms with van der Waals surface area (Å²) < 4.78 is 15.4. The molecule has 2 aromatic heterocycles. The summed E-state index contributed by atoms with van der Waals surface area (Å²) in [5, 5.41) is 3.76. The molecule has 0 atom stereocenters. The van der Waals surface area contributed by atoms with Crippen LogP contribution in [0.1, 0.15) is 27.8 Å². The van der Waals surface area contributed by atoms with E-state index in [9.17, 15) is 0 Å². The number of rotatable bonds is 7. The molecule has 0 bridgehead atoms. The lowest BCUT2D eigenvalue weighted by Crippen LogP contribution is -2.23. The van der Waals surface area contributed by atoms with Gasteiger partial charge in [-0.3, -0.25) is 0 Å². The zero-order valence-corrected chi connectivity index (χ0v) is 25.8. The Morgan fingerprint density at radius 1 is 0.732 bits per heavy atom. The van der Waals surface area contributed by atoms with Gasteiger partial charge in [-0.05, 0) is 94.5 Å². The van der Waals surface area contributed by atoms with E-state index in [0.717, 1.165) is 55.0 Å². The summed E-state index contributed by atoms with van der Waals surface area (Å²) in [5.74, 6) is 1.51. The summed E-state index contributed by atoms with van der Waals surface area (Å²) in [6, 6.07) is 27.2. The Hall–Kier alpha value is -3.22. The van der Waals surface area contributed by atoms with Crippen molar-refractivity contribution in [1.29, 1.82) is 0 Å². The maximum absolute atomic E-state index is 6.54. The Balaban J connectivity index is 1.24. The second-order valence-corrected chi connectivity index (χ2v) is 13.6. The topological polar surface area (TPSA) is 21.7 Å². The maximum Gasteiger partial charge on any atom is 0.162 e. The largest absolute Gasteiger partial charge is 0.484 e. The van der Waals surface area contributed by atoms with E-state index >= 15 is 0 Å². The molecule has 0 saturated carbocycles. The Morgan fingerprint density at radius 2 is 1.34 bits per heavy atom. The van der Waals surface area contributed by atoms with E-state index in [0.29, 0.717) is 13.2 Å². The van der Waals surface area contributed by atoms with Gasteiger partial charge in [-0.1, -0.05) is 48.3 Å². The van der Waals surface area contributed by atoms with Crippen molar-refractivity contribution in [3.8, 4) is 22.6 Å². The van der Waals surface area contributed by atoms with Crippen molar-refractivity contribution in [2.75, 3.05) is 11.9 Å². The van der Waals surface area contributed by atoms with Crippen LogP contribution in [0.2, 0.25) is 10.0 Å². The van der Waals surface area contributed by atoms with Crippen LogP contribution in [0.15, 0.2) is 78.9 Å². The highest BCUT2D eigenvalue weighted by Crippen LogP contribution is 2.45. The molecular weight excluding hydrogens is 589 g/mol. The van der Waals surface area contributed by atoms with E-state index in [1.54, 1.807) is 22.7 Å². The van der Waals surface area contributed by atoms with Crippen molar-refractivity contribution >= 4 is 71.7 Å². The maximum atomic E-state index is 6.54. The zero-order valence-electron chi connectivity index (χ0n) is 22.7. The van der Waals surface area contributed by atoms with Gasteiger partial charge in [-0.2, -0.15) is 0 Å². The number of hydrogen-bond donors (Lipinski definition) is 0. The predicted octanol–water partition coefficient (Wildman–Crippen LogP) is 10.8. The van der Waals surface area contributed by atoms with Crippen LogP contribution in [0.3, 0.4) is 0 Å². The molecule has 1 aliphatic heterocycles. The summed E-state index contributed by atoms with van der Waals surface area (Å²) in [6.45, 7) is 3.94. The minimum Gasteiger partial charge on any atom is -0.484 e. The molecule has 0 spiro atoms. The summed E-state index contributed by atoms with van der Waals surface area (Å²) in [5.41, 5.74) is 6.33. The molecule has 7 heteroatoms. The van der Waals surface area contributed by atoms with Crippen molar-refractivity contribution in [2.24, 2.45) is 0 Å². The Morgan fingerprint density at radius 3 is 1.95 bits per heavy atom. The fraction of sp³-hybridized carbons (Fsp3) is 0.176. The molecule has 0 N–H and O–H groups in total. The quantitative estimate of drug-likeness (QED) is 0.178. The van der Waals surface area contributed by atoms with Gasteiger partial charge in [0.05, 0.1) is 0 Å². The van der Waals surface area contributed by atoms with Crippen LogP contribution < -0.4 is 14.4 Å². The highest BCUT2D eigenvalue weighted by Gasteiger charge is 2.25. The van der Waals surface area contributed by atoms with Crippen LogP contribution in [0.25, 0.3) is 31.3 Å². The number of anilines is 1. The molecule has 7 rings (SSSR count). The summed E-state index contributed by atoms with van der Waals surface area (Å²) in [6.07, 6.45) is 0.990. The number of halogens is 2. The third-order valence-electron chi connectivity index (χ3n) is 7.55. The standard InChI is InChI=1S/C34H27Cl2NO2S2/c1-3-20-5-4-6-28-29-16-31(39-19-27-14-22-12-25(36)8-10-33(22)41-27)30(15-23(29)17-37(2)34(20)28)38-18-26-13-21-11-24(35)7-9-32(21)40-26/h4-16H,3,17-19H2,1-2H3. The van der Waals surface area contributed by atoms with E-state index < -0.39 is 0 Å². The van der Waals surface area contributed by atoms with Crippen molar-refractivity contribution < 1.29 is 9.47 Å². The lowest BCUT2D eigenvalue weighted by Gasteiger charge is -2.32. The van der Waals surface area contributed by atoms with Crippen molar-refractivity contribution in [1.82, 2.24) is 0 Å². The molecule has 206 valence electrons. The first-order chi connectivity index (χ1) is 19.9. The van der Waals surface area contributed by atoms with Crippen LogP contribution in [0, 0.1) is 0 Å². The number of para-hydroxylation sites is 1. The number of ether oxygens (including phenoxy) is 2. The third kappa shape index (κ3) is 5.17. The minimum absolute atomic E-state index is 0.454. The van der Waals surface area contributed by atoms with Crippen LogP contribution in [0.4, 0.5) is 5.69 Å². The smallest absolute Gasteiger partial charge is 0.162 e. The SMILES string of the molecule is CCc1cccc2c1N(C)Cc1cc(OCc3cc4cc(Cl)ccc4s3)c(OCc3cc4cc(Cl)ccc4s3)cc1-2. The molecule has 3 nitrogen and oxygen atoms in total. The number of nitrogens with zero attached hydrogens (tertiary/aromatic N) is 1. The minimum atomic E-state index is 0.454. The molecule has 0 saturated heterocycles. The van der Waals surface area contributed by atoms with Gasteiger partial charge in [0, 0.05) is 54.0 Å². The summed E-state index contributed by atoms with van der Waals surface area (Å²) in [4.78, 5) is 4.63. The van der Waals surface area contributed by atoms with Crippen LogP contribution in [-0.4, -0.2) is 7.05 Å². The Labute approximate surface area is 257 Å². The molecule has 6 aromatic rings. The monoisotopic (exact) mass is 615 g/mol.